The summed E-state index contributed by atoms with van der Waals surface area (Å²) in [5.41, 5.74) is 1.15. The van der Waals surface area contributed by atoms with Gasteiger partial charge in [0.15, 0.2) is 0 Å². The smallest absolute Gasteiger partial charge is 0.234 e. The van der Waals surface area contributed by atoms with Gasteiger partial charge in [0, 0.05) is 24.2 Å². The molecular formula is C16H24ClN3O. The van der Waals surface area contributed by atoms with Gasteiger partial charge < -0.3 is 10.6 Å². The van der Waals surface area contributed by atoms with Crippen LogP contribution in [0.1, 0.15) is 18.9 Å². The largest absolute Gasteiger partial charge is 0.352 e. The van der Waals surface area contributed by atoms with E-state index in [2.05, 4.69) is 15.5 Å². The first-order chi connectivity index (χ1) is 10.1. The number of carbonyl (C=O) groups is 1. The SMILES string of the molecule is CC(Cc1cccc(Cl)c1)NC(=O)CN1CCCNCC1. The fourth-order valence-corrected chi connectivity index (χ4v) is 2.86. The molecule has 1 saturated heterocycles. The van der Waals surface area contributed by atoms with E-state index in [1.807, 2.05) is 31.2 Å². The van der Waals surface area contributed by atoms with Crippen molar-refractivity contribution < 1.29 is 4.79 Å². The number of nitrogens with zero attached hydrogens (tertiary/aromatic N) is 1. The molecule has 1 aliphatic rings. The highest BCUT2D eigenvalue weighted by atomic mass is 35.5. The molecule has 0 radical (unpaired) electrons. The van der Waals surface area contributed by atoms with Crippen molar-refractivity contribution in [3.05, 3.63) is 34.9 Å². The number of hydrogen-bond donors (Lipinski definition) is 2. The Kier molecular flexibility index (Phi) is 6.49. The van der Waals surface area contributed by atoms with Gasteiger partial charge in [-0.2, -0.15) is 0 Å². The van der Waals surface area contributed by atoms with Gasteiger partial charge in [-0.3, -0.25) is 9.69 Å². The topological polar surface area (TPSA) is 44.4 Å². The maximum absolute atomic E-state index is 12.1. The third-order valence-corrected chi connectivity index (χ3v) is 3.87. The Morgan fingerprint density at radius 2 is 2.29 bits per heavy atom. The predicted octanol–water partition coefficient (Wildman–Crippen LogP) is 1.68. The first-order valence-electron chi connectivity index (χ1n) is 7.60. The number of benzene rings is 1. The molecule has 4 nitrogen and oxygen atoms in total. The molecule has 21 heavy (non-hydrogen) atoms. The van der Waals surface area contributed by atoms with Crippen LogP contribution in [0.2, 0.25) is 5.02 Å². The van der Waals surface area contributed by atoms with Crippen LogP contribution in [0.3, 0.4) is 0 Å². The summed E-state index contributed by atoms with van der Waals surface area (Å²) in [6.45, 7) is 6.46. The van der Waals surface area contributed by atoms with Gasteiger partial charge in [-0.05, 0) is 50.6 Å². The Hall–Kier alpha value is -1.10. The lowest BCUT2D eigenvalue weighted by atomic mass is 10.1. The summed E-state index contributed by atoms with van der Waals surface area (Å²) in [5, 5.41) is 7.15. The van der Waals surface area contributed by atoms with Gasteiger partial charge in [0.1, 0.15) is 0 Å². The zero-order valence-corrected chi connectivity index (χ0v) is 13.3. The molecule has 1 fully saturated rings. The molecule has 0 aromatic heterocycles. The summed E-state index contributed by atoms with van der Waals surface area (Å²) in [6, 6.07) is 7.90. The molecule has 1 amide bonds. The molecule has 1 aromatic carbocycles. The van der Waals surface area contributed by atoms with E-state index in [9.17, 15) is 4.79 Å². The lowest BCUT2D eigenvalue weighted by Gasteiger charge is -2.21. The molecule has 116 valence electrons. The van der Waals surface area contributed by atoms with E-state index < -0.39 is 0 Å². The number of amides is 1. The highest BCUT2D eigenvalue weighted by molar-refractivity contribution is 6.30. The number of hydrogen-bond acceptors (Lipinski definition) is 3. The van der Waals surface area contributed by atoms with E-state index in [1.54, 1.807) is 0 Å². The van der Waals surface area contributed by atoms with E-state index in [1.165, 1.54) is 0 Å². The third-order valence-electron chi connectivity index (χ3n) is 3.64. The molecule has 2 rings (SSSR count). The van der Waals surface area contributed by atoms with Gasteiger partial charge in [0.2, 0.25) is 5.91 Å². The molecule has 0 bridgehead atoms. The highest BCUT2D eigenvalue weighted by Gasteiger charge is 2.14. The van der Waals surface area contributed by atoms with Crippen LogP contribution in [0.4, 0.5) is 0 Å². The Bertz CT molecular complexity index is 459. The van der Waals surface area contributed by atoms with E-state index in [-0.39, 0.29) is 11.9 Å². The van der Waals surface area contributed by atoms with Gasteiger partial charge in [-0.15, -0.1) is 0 Å². The summed E-state index contributed by atoms with van der Waals surface area (Å²) in [5.74, 6) is 0.103. The second kappa shape index (κ2) is 8.37. The quantitative estimate of drug-likeness (QED) is 0.870. The van der Waals surface area contributed by atoms with Crippen LogP contribution >= 0.6 is 11.6 Å². The zero-order chi connectivity index (χ0) is 15.1. The number of rotatable bonds is 5. The third kappa shape index (κ3) is 6.04. The Morgan fingerprint density at radius 3 is 3.10 bits per heavy atom. The van der Waals surface area contributed by atoms with Crippen molar-refractivity contribution in [2.24, 2.45) is 0 Å². The maximum atomic E-state index is 12.1. The predicted molar refractivity (Wildman–Crippen MR) is 86.7 cm³/mol. The van der Waals surface area contributed by atoms with Crippen LogP contribution in [0.25, 0.3) is 0 Å². The lowest BCUT2D eigenvalue weighted by Crippen LogP contribution is -2.42. The van der Waals surface area contributed by atoms with Crippen LogP contribution in [0.5, 0.6) is 0 Å². The Labute approximate surface area is 131 Å². The van der Waals surface area contributed by atoms with Gasteiger partial charge in [-0.1, -0.05) is 23.7 Å². The highest BCUT2D eigenvalue weighted by Crippen LogP contribution is 2.12. The van der Waals surface area contributed by atoms with Gasteiger partial charge >= 0.3 is 0 Å². The maximum Gasteiger partial charge on any atom is 0.234 e. The fourth-order valence-electron chi connectivity index (χ4n) is 2.65. The van der Waals surface area contributed by atoms with E-state index in [0.29, 0.717) is 6.54 Å². The van der Waals surface area contributed by atoms with Crippen molar-refractivity contribution in [1.29, 1.82) is 0 Å². The number of nitrogens with one attached hydrogen (secondary N) is 2. The van der Waals surface area contributed by atoms with E-state index >= 15 is 0 Å². The average Bonchev–Trinajstić information content (AvgIpc) is 2.67. The monoisotopic (exact) mass is 309 g/mol. The van der Waals surface area contributed by atoms with Crippen molar-refractivity contribution >= 4 is 17.5 Å². The first-order valence-corrected chi connectivity index (χ1v) is 7.98. The molecule has 1 atom stereocenters. The molecule has 0 spiro atoms. The van der Waals surface area contributed by atoms with Crippen LogP contribution in [0, 0.1) is 0 Å². The summed E-state index contributed by atoms with van der Waals surface area (Å²) in [6.07, 6.45) is 1.90. The second-order valence-corrected chi connectivity index (χ2v) is 6.12. The number of carbonyl (C=O) groups excluding carboxylic acids is 1. The zero-order valence-electron chi connectivity index (χ0n) is 12.6. The van der Waals surface area contributed by atoms with Crippen molar-refractivity contribution in [2.75, 3.05) is 32.7 Å². The molecule has 5 heteroatoms. The molecule has 1 aliphatic heterocycles. The van der Waals surface area contributed by atoms with Crippen LogP contribution in [-0.4, -0.2) is 49.6 Å². The molecular weight excluding hydrogens is 286 g/mol. The van der Waals surface area contributed by atoms with Gasteiger partial charge in [0.05, 0.1) is 6.54 Å². The lowest BCUT2D eigenvalue weighted by molar-refractivity contribution is -0.122. The van der Waals surface area contributed by atoms with Crippen molar-refractivity contribution in [3.8, 4) is 0 Å². The van der Waals surface area contributed by atoms with E-state index in [4.69, 9.17) is 11.6 Å². The average molecular weight is 310 g/mol. The van der Waals surface area contributed by atoms with Crippen molar-refractivity contribution in [3.63, 3.8) is 0 Å². The molecule has 2 N–H and O–H groups in total. The standard InChI is InChI=1S/C16H24ClN3O/c1-13(10-14-4-2-5-15(17)11-14)19-16(21)12-20-8-3-6-18-7-9-20/h2,4-5,11,13,18H,3,6-10,12H2,1H3,(H,19,21). The van der Waals surface area contributed by atoms with Gasteiger partial charge in [0.25, 0.3) is 0 Å². The normalized spacial score (nSPS) is 18.0. The summed E-state index contributed by atoms with van der Waals surface area (Å²) in [4.78, 5) is 14.3. The van der Waals surface area contributed by atoms with Crippen LogP contribution in [-0.2, 0) is 11.2 Å². The minimum absolute atomic E-state index is 0.103. The second-order valence-electron chi connectivity index (χ2n) is 5.68. The fraction of sp³-hybridized carbons (Fsp3) is 0.562. The van der Waals surface area contributed by atoms with Crippen LogP contribution < -0.4 is 10.6 Å². The van der Waals surface area contributed by atoms with Crippen molar-refractivity contribution in [1.82, 2.24) is 15.5 Å². The Balaban J connectivity index is 1.76. The summed E-state index contributed by atoms with van der Waals surface area (Å²) in [7, 11) is 0. The molecule has 0 saturated carbocycles. The summed E-state index contributed by atoms with van der Waals surface area (Å²) < 4.78 is 0. The minimum Gasteiger partial charge on any atom is -0.352 e. The molecule has 1 unspecified atom stereocenters. The summed E-state index contributed by atoms with van der Waals surface area (Å²) >= 11 is 5.98. The van der Waals surface area contributed by atoms with Crippen molar-refractivity contribution in [2.45, 2.75) is 25.8 Å². The van der Waals surface area contributed by atoms with E-state index in [0.717, 1.165) is 49.6 Å². The molecule has 0 aliphatic carbocycles. The molecule has 1 aromatic rings. The minimum atomic E-state index is 0.103. The Morgan fingerprint density at radius 1 is 1.43 bits per heavy atom. The molecule has 1 heterocycles. The van der Waals surface area contributed by atoms with Gasteiger partial charge in [-0.25, -0.2) is 0 Å². The first kappa shape index (κ1) is 16.3. The number of halogens is 1. The van der Waals surface area contributed by atoms with Crippen LogP contribution in [0.15, 0.2) is 24.3 Å².